The van der Waals surface area contributed by atoms with Crippen LogP contribution in [0.1, 0.15) is 49.6 Å². The van der Waals surface area contributed by atoms with Crippen molar-refractivity contribution in [3.63, 3.8) is 0 Å². The normalized spacial score (nSPS) is 12.4. The van der Waals surface area contributed by atoms with Crippen molar-refractivity contribution in [1.29, 1.82) is 0 Å². The summed E-state index contributed by atoms with van der Waals surface area (Å²) in [7, 11) is 0. The van der Waals surface area contributed by atoms with Crippen molar-refractivity contribution in [2.45, 2.75) is 52.9 Å². The second-order valence-electron chi connectivity index (χ2n) is 5.27. The quantitative estimate of drug-likeness (QED) is 0.727. The fourth-order valence-corrected chi connectivity index (χ4v) is 2.38. The Kier molecular flexibility index (Phi) is 7.30. The van der Waals surface area contributed by atoms with E-state index in [9.17, 15) is 4.79 Å². The Hall–Kier alpha value is -1.36. The second-order valence-corrected chi connectivity index (χ2v) is 5.27. The van der Waals surface area contributed by atoms with Gasteiger partial charge < -0.3 is 14.9 Å². The van der Waals surface area contributed by atoms with Crippen LogP contribution < -0.4 is 5.32 Å². The predicted octanol–water partition coefficient (Wildman–Crippen LogP) is 2.14. The summed E-state index contributed by atoms with van der Waals surface area (Å²) in [6.45, 7) is 6.70. The predicted molar refractivity (Wildman–Crippen MR) is 77.4 cm³/mol. The van der Waals surface area contributed by atoms with Crippen molar-refractivity contribution < 1.29 is 14.4 Å². The molecule has 0 aromatic carbocycles. The van der Waals surface area contributed by atoms with Gasteiger partial charge in [-0.05, 0) is 39.0 Å². The molecule has 1 amide bonds. The number of carbonyl (C=O) groups is 1. The van der Waals surface area contributed by atoms with E-state index >= 15 is 0 Å². The molecule has 0 aliphatic carbocycles. The van der Waals surface area contributed by atoms with Crippen LogP contribution in [0.25, 0.3) is 0 Å². The molecule has 0 bridgehead atoms. The van der Waals surface area contributed by atoms with E-state index in [2.05, 4.69) is 17.4 Å². The lowest BCUT2D eigenvalue weighted by Gasteiger charge is -2.15. The van der Waals surface area contributed by atoms with E-state index in [1.165, 1.54) is 0 Å². The van der Waals surface area contributed by atoms with Gasteiger partial charge >= 0.3 is 0 Å². The van der Waals surface area contributed by atoms with E-state index in [0.29, 0.717) is 25.3 Å². The minimum Gasteiger partial charge on any atom is -0.396 e. The van der Waals surface area contributed by atoms with Crippen molar-refractivity contribution >= 4 is 5.91 Å². The number of nitrogens with one attached hydrogen (secondary N) is 1. The largest absolute Gasteiger partial charge is 0.396 e. The molecule has 1 aromatic heterocycles. The Labute approximate surface area is 120 Å². The zero-order valence-electron chi connectivity index (χ0n) is 12.7. The van der Waals surface area contributed by atoms with Crippen LogP contribution in [0.4, 0.5) is 0 Å². The number of aliphatic hydroxyl groups excluding tert-OH is 1. The van der Waals surface area contributed by atoms with Crippen molar-refractivity contribution in [3.8, 4) is 0 Å². The van der Waals surface area contributed by atoms with E-state index in [1.54, 1.807) is 0 Å². The first-order valence-corrected chi connectivity index (χ1v) is 7.37. The topological polar surface area (TPSA) is 75.4 Å². The zero-order chi connectivity index (χ0) is 15.0. The Bertz CT molecular complexity index is 390. The minimum absolute atomic E-state index is 0.0454. The number of hydrogen-bond donors (Lipinski definition) is 2. The summed E-state index contributed by atoms with van der Waals surface area (Å²) in [5.41, 5.74) is 1.89. The summed E-state index contributed by atoms with van der Waals surface area (Å²) in [4.78, 5) is 11.8. The molecule has 2 N–H and O–H groups in total. The first kappa shape index (κ1) is 16.7. The first-order valence-electron chi connectivity index (χ1n) is 7.37. The average Bonchev–Trinajstić information content (AvgIpc) is 2.73. The first-order chi connectivity index (χ1) is 9.58. The number of nitrogens with zero attached hydrogens (tertiary/aromatic N) is 1. The van der Waals surface area contributed by atoms with Gasteiger partial charge in [-0.3, -0.25) is 4.79 Å². The molecule has 1 aromatic rings. The summed E-state index contributed by atoms with van der Waals surface area (Å²) < 4.78 is 5.08. The molecular weight excluding hydrogens is 256 g/mol. The number of hydrogen-bond acceptors (Lipinski definition) is 4. The molecule has 0 fully saturated rings. The van der Waals surface area contributed by atoms with Crippen LogP contribution in [-0.4, -0.2) is 29.3 Å². The maximum absolute atomic E-state index is 11.8. The van der Waals surface area contributed by atoms with Crippen molar-refractivity contribution in [2.24, 2.45) is 5.92 Å². The van der Waals surface area contributed by atoms with Gasteiger partial charge in [0.05, 0.1) is 5.69 Å². The fraction of sp³-hybridized carbons (Fsp3) is 0.733. The van der Waals surface area contributed by atoms with E-state index in [-0.39, 0.29) is 12.5 Å². The van der Waals surface area contributed by atoms with E-state index in [1.807, 2.05) is 13.8 Å². The van der Waals surface area contributed by atoms with Gasteiger partial charge in [-0.1, -0.05) is 18.5 Å². The lowest BCUT2D eigenvalue weighted by molar-refractivity contribution is -0.121. The summed E-state index contributed by atoms with van der Waals surface area (Å²) in [5.74, 6) is 1.21. The average molecular weight is 282 g/mol. The maximum atomic E-state index is 11.8. The van der Waals surface area contributed by atoms with E-state index < -0.39 is 0 Å². The van der Waals surface area contributed by atoms with Crippen LogP contribution >= 0.6 is 0 Å². The molecule has 0 aliphatic rings. The van der Waals surface area contributed by atoms with Gasteiger partial charge in [-0.15, -0.1) is 0 Å². The number of rotatable bonds is 9. The molecule has 5 nitrogen and oxygen atoms in total. The Morgan fingerprint density at radius 3 is 2.70 bits per heavy atom. The number of aryl methyl sites for hydroxylation is 2. The van der Waals surface area contributed by atoms with E-state index in [4.69, 9.17) is 9.63 Å². The summed E-state index contributed by atoms with van der Waals surface area (Å²) >= 11 is 0. The minimum atomic E-state index is 0.0454. The monoisotopic (exact) mass is 282 g/mol. The third kappa shape index (κ3) is 5.33. The zero-order valence-corrected chi connectivity index (χ0v) is 12.7. The SMILES string of the molecule is CCCC(CCO)CNC(=O)CCc1c(C)noc1C. The molecule has 5 heteroatoms. The molecule has 1 atom stereocenters. The van der Waals surface area contributed by atoms with Crippen molar-refractivity contribution in [1.82, 2.24) is 10.5 Å². The third-order valence-corrected chi connectivity index (χ3v) is 3.61. The molecule has 0 aliphatic heterocycles. The Morgan fingerprint density at radius 2 is 2.15 bits per heavy atom. The van der Waals surface area contributed by atoms with Crippen molar-refractivity contribution in [3.05, 3.63) is 17.0 Å². The molecule has 20 heavy (non-hydrogen) atoms. The van der Waals surface area contributed by atoms with Gasteiger partial charge in [0.15, 0.2) is 0 Å². The highest BCUT2D eigenvalue weighted by Crippen LogP contribution is 2.14. The van der Waals surface area contributed by atoms with Crippen molar-refractivity contribution in [2.75, 3.05) is 13.2 Å². The number of aliphatic hydroxyl groups is 1. The van der Waals surface area contributed by atoms with Crippen LogP contribution in [0.5, 0.6) is 0 Å². The number of aromatic nitrogens is 1. The fourth-order valence-electron chi connectivity index (χ4n) is 2.38. The molecule has 0 saturated heterocycles. The molecule has 0 radical (unpaired) electrons. The van der Waals surface area contributed by atoms with E-state index in [0.717, 1.165) is 36.3 Å². The van der Waals surface area contributed by atoms with Crippen LogP contribution in [0.15, 0.2) is 4.52 Å². The standard InChI is InChI=1S/C15H26N2O3/c1-4-5-13(8-9-18)10-16-15(19)7-6-14-11(2)17-20-12(14)3/h13,18H,4-10H2,1-3H3,(H,16,19). The Balaban J connectivity index is 2.33. The lowest BCUT2D eigenvalue weighted by Crippen LogP contribution is -2.30. The van der Waals surface area contributed by atoms with Crippen LogP contribution in [0.2, 0.25) is 0 Å². The van der Waals surface area contributed by atoms with Crippen LogP contribution in [-0.2, 0) is 11.2 Å². The summed E-state index contributed by atoms with van der Waals surface area (Å²) in [6.07, 6.45) is 3.95. The molecule has 0 saturated carbocycles. The van der Waals surface area contributed by atoms with Gasteiger partial charge in [0.1, 0.15) is 5.76 Å². The third-order valence-electron chi connectivity index (χ3n) is 3.61. The molecule has 1 heterocycles. The highest BCUT2D eigenvalue weighted by molar-refractivity contribution is 5.76. The highest BCUT2D eigenvalue weighted by atomic mass is 16.5. The molecule has 0 spiro atoms. The van der Waals surface area contributed by atoms with Gasteiger partial charge in [-0.25, -0.2) is 0 Å². The van der Waals surface area contributed by atoms with Gasteiger partial charge in [-0.2, -0.15) is 0 Å². The maximum Gasteiger partial charge on any atom is 0.220 e. The molecular formula is C15H26N2O3. The number of carbonyl (C=O) groups excluding carboxylic acids is 1. The molecule has 114 valence electrons. The highest BCUT2D eigenvalue weighted by Gasteiger charge is 2.12. The van der Waals surface area contributed by atoms with Gasteiger partial charge in [0.2, 0.25) is 5.91 Å². The van der Waals surface area contributed by atoms with Gasteiger partial charge in [0.25, 0.3) is 0 Å². The summed E-state index contributed by atoms with van der Waals surface area (Å²) in [5, 5.41) is 15.8. The molecule has 1 rings (SSSR count). The van der Waals surface area contributed by atoms with Crippen LogP contribution in [0.3, 0.4) is 0 Å². The second kappa shape index (κ2) is 8.74. The molecule has 1 unspecified atom stereocenters. The van der Waals surface area contributed by atoms with Gasteiger partial charge in [0, 0.05) is 25.1 Å². The Morgan fingerprint density at radius 1 is 1.40 bits per heavy atom. The van der Waals surface area contributed by atoms with Crippen LogP contribution in [0, 0.1) is 19.8 Å². The number of amides is 1. The summed E-state index contributed by atoms with van der Waals surface area (Å²) in [6, 6.07) is 0. The smallest absolute Gasteiger partial charge is 0.220 e. The lowest BCUT2D eigenvalue weighted by atomic mass is 10.00.